The van der Waals surface area contributed by atoms with Crippen LogP contribution in [0.4, 0.5) is 0 Å². The quantitative estimate of drug-likeness (QED) is 0.611. The van der Waals surface area contributed by atoms with E-state index in [2.05, 4.69) is 15.9 Å². The lowest BCUT2D eigenvalue weighted by molar-refractivity contribution is -0.114. The summed E-state index contributed by atoms with van der Waals surface area (Å²) in [5, 5.41) is 0. The van der Waals surface area contributed by atoms with Gasteiger partial charge in [0.25, 0.3) is 5.91 Å². The van der Waals surface area contributed by atoms with Gasteiger partial charge in [-0.1, -0.05) is 21.5 Å². The van der Waals surface area contributed by atoms with Crippen LogP contribution in [0.25, 0.3) is 0 Å². The molecule has 0 aromatic rings. The van der Waals surface area contributed by atoms with Crippen molar-refractivity contribution >= 4 is 31.9 Å². The maximum atomic E-state index is 11.0. The summed E-state index contributed by atoms with van der Waals surface area (Å²) in [5.41, 5.74) is 1.02. The molecule has 0 aliphatic heterocycles. The summed E-state index contributed by atoms with van der Waals surface area (Å²) in [6.45, 7) is 0. The number of nitrogens with one attached hydrogen (secondary N) is 1. The molecule has 0 spiro atoms. The van der Waals surface area contributed by atoms with E-state index in [1.807, 2.05) is 4.72 Å². The number of hydrogen-bond acceptors (Lipinski definition) is 3. The molecule has 1 fully saturated rings. The first-order valence-corrected chi connectivity index (χ1v) is 6.61. The van der Waals surface area contributed by atoms with Crippen molar-refractivity contribution in [1.29, 1.82) is 0 Å². The summed E-state index contributed by atoms with van der Waals surface area (Å²) < 4.78 is 23.4. The van der Waals surface area contributed by atoms with Crippen LogP contribution in [-0.2, 0) is 14.8 Å². The summed E-state index contributed by atoms with van der Waals surface area (Å²) in [7, 11) is -3.48. The average molecular weight is 268 g/mol. The predicted molar refractivity (Wildman–Crippen MR) is 52.8 cm³/mol. The molecule has 0 bridgehead atoms. The van der Waals surface area contributed by atoms with Crippen LogP contribution in [0.3, 0.4) is 0 Å². The van der Waals surface area contributed by atoms with Crippen LogP contribution in [0.2, 0.25) is 0 Å². The molecule has 1 saturated carbocycles. The van der Waals surface area contributed by atoms with Gasteiger partial charge in [-0.05, 0) is 19.3 Å². The van der Waals surface area contributed by atoms with Crippen molar-refractivity contribution in [3.63, 3.8) is 0 Å². The van der Waals surface area contributed by atoms with Crippen molar-refractivity contribution in [2.45, 2.75) is 19.3 Å². The molecule has 1 N–H and O–H groups in total. The van der Waals surface area contributed by atoms with Gasteiger partial charge in [0.1, 0.15) is 4.66 Å². The van der Waals surface area contributed by atoms with Crippen LogP contribution < -0.4 is 4.72 Å². The normalized spacial score (nSPS) is 16.2. The van der Waals surface area contributed by atoms with Crippen molar-refractivity contribution in [2.24, 2.45) is 0 Å². The fourth-order valence-electron chi connectivity index (χ4n) is 0.921. The van der Waals surface area contributed by atoms with Gasteiger partial charge in [-0.15, -0.1) is 0 Å². The second-order valence-electron chi connectivity index (χ2n) is 2.85. The van der Waals surface area contributed by atoms with Gasteiger partial charge >= 0.3 is 0 Å². The Morgan fingerprint density at radius 3 is 2.54 bits per heavy atom. The second-order valence-corrected chi connectivity index (χ2v) is 5.87. The van der Waals surface area contributed by atoms with Gasteiger partial charge in [0.05, 0.1) is 0 Å². The molecule has 0 atom stereocenters. The van der Waals surface area contributed by atoms with E-state index >= 15 is 0 Å². The fourth-order valence-corrected chi connectivity index (χ4v) is 1.68. The molecule has 1 aliphatic carbocycles. The minimum absolute atomic E-state index is 0.255. The van der Waals surface area contributed by atoms with Crippen molar-refractivity contribution < 1.29 is 13.2 Å². The lowest BCUT2D eigenvalue weighted by Crippen LogP contribution is -2.30. The summed E-state index contributed by atoms with van der Waals surface area (Å²) in [4.78, 5) is 11.0. The first-order chi connectivity index (χ1) is 6.03. The summed E-state index contributed by atoms with van der Waals surface area (Å²) in [6, 6.07) is 0. The Kier molecular flexibility index (Phi) is 3.49. The smallest absolute Gasteiger partial charge is 0.257 e. The Balaban J connectivity index is 2.50. The maximum absolute atomic E-state index is 11.0. The third kappa shape index (κ3) is 3.48. The van der Waals surface area contributed by atoms with Gasteiger partial charge in [-0.2, -0.15) is 0 Å². The standard InChI is InChI=1S/C7H10BrNO3S/c8-5-13(11,12)9-7(10)4-6-2-1-3-6/h4H,1-3,5H2,(H,9,10). The van der Waals surface area contributed by atoms with E-state index < -0.39 is 15.9 Å². The molecule has 6 heteroatoms. The number of rotatable bonds is 3. The van der Waals surface area contributed by atoms with E-state index in [9.17, 15) is 13.2 Å². The molecule has 0 radical (unpaired) electrons. The molecule has 13 heavy (non-hydrogen) atoms. The molecular formula is C7H10BrNO3S. The van der Waals surface area contributed by atoms with E-state index in [1.54, 1.807) is 0 Å². The number of allylic oxidation sites excluding steroid dienone is 1. The fraction of sp³-hybridized carbons (Fsp3) is 0.571. The molecule has 1 rings (SSSR count). The highest BCUT2D eigenvalue weighted by Gasteiger charge is 2.14. The van der Waals surface area contributed by atoms with Gasteiger partial charge < -0.3 is 0 Å². The van der Waals surface area contributed by atoms with Crippen LogP contribution in [-0.4, -0.2) is 19.0 Å². The Bertz CT molecular complexity index is 328. The van der Waals surface area contributed by atoms with E-state index in [1.165, 1.54) is 6.08 Å². The number of carbonyl (C=O) groups is 1. The lowest BCUT2D eigenvalue weighted by atomic mass is 9.92. The van der Waals surface area contributed by atoms with E-state index in [4.69, 9.17) is 0 Å². The number of sulfonamides is 1. The van der Waals surface area contributed by atoms with E-state index in [-0.39, 0.29) is 4.66 Å². The number of amides is 1. The molecule has 1 amide bonds. The van der Waals surface area contributed by atoms with Crippen LogP contribution in [0.15, 0.2) is 11.6 Å². The minimum atomic E-state index is -3.48. The molecule has 0 heterocycles. The van der Waals surface area contributed by atoms with Crippen molar-refractivity contribution in [1.82, 2.24) is 4.72 Å². The Morgan fingerprint density at radius 1 is 1.54 bits per heavy atom. The molecule has 4 nitrogen and oxygen atoms in total. The Labute approximate surface area is 85.6 Å². The first kappa shape index (κ1) is 10.7. The van der Waals surface area contributed by atoms with Gasteiger partial charge in [0.15, 0.2) is 0 Å². The van der Waals surface area contributed by atoms with Crippen molar-refractivity contribution in [3.05, 3.63) is 11.6 Å². The predicted octanol–water partition coefficient (Wildman–Crippen LogP) is 0.895. The number of alkyl halides is 1. The number of carbonyl (C=O) groups excluding carboxylic acids is 1. The molecule has 0 aromatic carbocycles. The topological polar surface area (TPSA) is 63.2 Å². The minimum Gasteiger partial charge on any atom is -0.269 e. The van der Waals surface area contributed by atoms with Gasteiger partial charge in [0.2, 0.25) is 10.0 Å². The highest BCUT2D eigenvalue weighted by Crippen LogP contribution is 2.24. The van der Waals surface area contributed by atoms with Crippen LogP contribution in [0, 0.1) is 0 Å². The van der Waals surface area contributed by atoms with Crippen LogP contribution in [0.5, 0.6) is 0 Å². The Morgan fingerprint density at radius 2 is 2.15 bits per heavy atom. The van der Waals surface area contributed by atoms with Crippen molar-refractivity contribution in [3.8, 4) is 0 Å². The van der Waals surface area contributed by atoms with Crippen LogP contribution in [0.1, 0.15) is 19.3 Å². The third-order valence-electron chi connectivity index (χ3n) is 1.73. The lowest BCUT2D eigenvalue weighted by Gasteiger charge is -2.15. The summed E-state index contributed by atoms with van der Waals surface area (Å²) >= 11 is 2.77. The molecule has 0 saturated heterocycles. The van der Waals surface area contributed by atoms with E-state index in [0.717, 1.165) is 24.8 Å². The van der Waals surface area contributed by atoms with Crippen molar-refractivity contribution in [2.75, 3.05) is 4.66 Å². The molecule has 1 aliphatic rings. The maximum Gasteiger partial charge on any atom is 0.257 e. The molecule has 0 unspecified atom stereocenters. The number of halogens is 1. The molecule has 74 valence electrons. The van der Waals surface area contributed by atoms with Gasteiger partial charge in [-0.3, -0.25) is 4.79 Å². The monoisotopic (exact) mass is 267 g/mol. The van der Waals surface area contributed by atoms with Crippen LogP contribution >= 0.6 is 15.9 Å². The Hall–Kier alpha value is -0.360. The SMILES string of the molecule is O=C(C=C1CCC1)NS(=O)(=O)CBr. The second kappa shape index (κ2) is 4.23. The van der Waals surface area contributed by atoms with Gasteiger partial charge in [-0.25, -0.2) is 13.1 Å². The zero-order chi connectivity index (χ0) is 9.90. The molecule has 0 aromatic heterocycles. The zero-order valence-electron chi connectivity index (χ0n) is 6.92. The van der Waals surface area contributed by atoms with E-state index in [0.29, 0.717) is 0 Å². The number of hydrogen-bond donors (Lipinski definition) is 1. The zero-order valence-corrected chi connectivity index (χ0v) is 9.32. The highest BCUT2D eigenvalue weighted by molar-refractivity contribution is 9.10. The summed E-state index contributed by atoms with van der Waals surface area (Å²) in [5.74, 6) is -0.547. The highest BCUT2D eigenvalue weighted by atomic mass is 79.9. The largest absolute Gasteiger partial charge is 0.269 e. The molecular weight excluding hydrogens is 258 g/mol. The third-order valence-corrected chi connectivity index (χ3v) is 4.34. The van der Waals surface area contributed by atoms with Gasteiger partial charge in [0, 0.05) is 6.08 Å². The first-order valence-electron chi connectivity index (χ1n) is 3.83. The summed E-state index contributed by atoms with van der Waals surface area (Å²) in [6.07, 6.45) is 4.26. The average Bonchev–Trinajstić information content (AvgIpc) is 1.96.